The minimum Gasteiger partial charge on any atom is -0.480 e. The second-order valence-electron chi connectivity index (χ2n) is 7.25. The number of nitrogens with zero attached hydrogens (tertiary/aromatic N) is 5. The average molecular weight is 391 g/mol. The highest BCUT2D eigenvalue weighted by Gasteiger charge is 2.24. The molecule has 0 bridgehead atoms. The van der Waals surface area contributed by atoms with Gasteiger partial charge in [0.2, 0.25) is 17.7 Å². The Morgan fingerprint density at radius 2 is 2.21 bits per heavy atom. The summed E-state index contributed by atoms with van der Waals surface area (Å²) in [6.45, 7) is 0.629. The summed E-state index contributed by atoms with van der Waals surface area (Å²) in [5.41, 5.74) is 3.70. The fourth-order valence-electron chi connectivity index (χ4n) is 3.84. The van der Waals surface area contributed by atoms with Crippen molar-refractivity contribution in [3.63, 3.8) is 0 Å². The summed E-state index contributed by atoms with van der Waals surface area (Å²) in [7, 11) is 3.42. The van der Waals surface area contributed by atoms with Crippen molar-refractivity contribution in [3.8, 4) is 17.0 Å². The molecule has 0 saturated carbocycles. The van der Waals surface area contributed by atoms with Gasteiger partial charge in [0.05, 0.1) is 18.0 Å². The smallest absolute Gasteiger partial charge is 0.228 e. The van der Waals surface area contributed by atoms with Crippen LogP contribution in [0.4, 0.5) is 5.95 Å². The number of aromatic amines is 1. The molecule has 0 radical (unpaired) electrons. The summed E-state index contributed by atoms with van der Waals surface area (Å²) in [6.07, 6.45) is 6.90. The van der Waals surface area contributed by atoms with E-state index < -0.39 is 0 Å². The number of rotatable bonds is 4. The fourth-order valence-corrected chi connectivity index (χ4v) is 3.84. The number of hydrogen-bond acceptors (Lipinski definition) is 6. The van der Waals surface area contributed by atoms with E-state index in [1.54, 1.807) is 18.2 Å². The number of likely N-dealkylation sites (tertiary alicyclic amines) is 1. The molecule has 4 aromatic heterocycles. The minimum atomic E-state index is 0.110. The Balaban J connectivity index is 1.51. The van der Waals surface area contributed by atoms with Crippen LogP contribution in [0.1, 0.15) is 12.8 Å². The number of aromatic nitrogens is 5. The van der Waals surface area contributed by atoms with Crippen LogP contribution in [0.25, 0.3) is 27.7 Å². The molecule has 1 fully saturated rings. The largest absolute Gasteiger partial charge is 0.480 e. The lowest BCUT2D eigenvalue weighted by atomic mass is 10.1. The van der Waals surface area contributed by atoms with Crippen molar-refractivity contribution in [2.45, 2.75) is 18.9 Å². The van der Waals surface area contributed by atoms with Crippen molar-refractivity contribution >= 4 is 28.4 Å². The van der Waals surface area contributed by atoms with E-state index in [4.69, 9.17) is 4.74 Å². The van der Waals surface area contributed by atoms with Crippen LogP contribution in [0.5, 0.6) is 5.88 Å². The van der Waals surface area contributed by atoms with Crippen molar-refractivity contribution in [1.82, 2.24) is 29.5 Å². The van der Waals surface area contributed by atoms with Gasteiger partial charge in [0, 0.05) is 50.2 Å². The maximum Gasteiger partial charge on any atom is 0.228 e. The molecule has 5 heterocycles. The number of H-pyrrole nitrogens is 1. The van der Waals surface area contributed by atoms with Crippen LogP contribution in [-0.2, 0) is 4.79 Å². The van der Waals surface area contributed by atoms with E-state index in [9.17, 15) is 4.79 Å². The van der Waals surface area contributed by atoms with Gasteiger partial charge < -0.3 is 19.9 Å². The molecule has 1 aliphatic rings. The first-order valence-electron chi connectivity index (χ1n) is 9.50. The summed E-state index contributed by atoms with van der Waals surface area (Å²) in [5, 5.41) is 8.41. The Kier molecular flexibility index (Phi) is 4.08. The molecule has 0 aliphatic carbocycles. The zero-order chi connectivity index (χ0) is 20.0. The summed E-state index contributed by atoms with van der Waals surface area (Å²) >= 11 is 0. The Bertz CT molecular complexity index is 1210. The van der Waals surface area contributed by atoms with Crippen LogP contribution in [0.2, 0.25) is 0 Å². The van der Waals surface area contributed by atoms with Crippen molar-refractivity contribution < 1.29 is 9.53 Å². The van der Waals surface area contributed by atoms with Crippen molar-refractivity contribution in [2.24, 2.45) is 0 Å². The molecular weight excluding hydrogens is 370 g/mol. The van der Waals surface area contributed by atoms with Gasteiger partial charge in [-0.2, -0.15) is 15.1 Å². The van der Waals surface area contributed by atoms with Gasteiger partial charge in [-0.15, -0.1) is 0 Å². The number of ether oxygens (including phenoxy) is 1. The Morgan fingerprint density at radius 3 is 3.03 bits per heavy atom. The molecule has 2 N–H and O–H groups in total. The van der Waals surface area contributed by atoms with Crippen LogP contribution in [0, 0.1) is 0 Å². The zero-order valence-corrected chi connectivity index (χ0v) is 16.2. The number of likely N-dealkylation sites (N-methyl/N-ethyl adjacent to an activating group) is 1. The third kappa shape index (κ3) is 3.04. The first kappa shape index (κ1) is 17.5. The highest BCUT2D eigenvalue weighted by atomic mass is 16.5. The Labute approximate surface area is 166 Å². The first-order chi connectivity index (χ1) is 14.1. The molecule has 5 rings (SSSR count). The number of methoxy groups -OCH3 is 1. The Morgan fingerprint density at radius 1 is 1.31 bits per heavy atom. The van der Waals surface area contributed by atoms with Gasteiger partial charge in [-0.05, 0) is 30.2 Å². The van der Waals surface area contributed by atoms with E-state index >= 15 is 0 Å². The van der Waals surface area contributed by atoms with E-state index in [1.165, 1.54) is 0 Å². The number of carbonyl (C=O) groups is 1. The summed E-state index contributed by atoms with van der Waals surface area (Å²) in [5.74, 6) is 1.16. The van der Waals surface area contributed by atoms with E-state index in [0.29, 0.717) is 30.4 Å². The molecule has 1 aliphatic heterocycles. The highest BCUT2D eigenvalue weighted by Crippen LogP contribution is 2.34. The van der Waals surface area contributed by atoms with E-state index in [1.807, 2.05) is 36.1 Å². The van der Waals surface area contributed by atoms with E-state index in [-0.39, 0.29) is 11.9 Å². The molecule has 4 aromatic rings. The molecule has 148 valence electrons. The lowest BCUT2D eigenvalue weighted by Crippen LogP contribution is -2.43. The molecule has 0 aromatic carbocycles. The maximum absolute atomic E-state index is 11.7. The number of fused-ring (bicyclic) bond motifs is 2. The molecule has 1 atom stereocenters. The van der Waals surface area contributed by atoms with E-state index in [0.717, 1.165) is 28.5 Å². The topological polar surface area (TPSA) is 100 Å². The first-order valence-corrected chi connectivity index (χ1v) is 9.50. The summed E-state index contributed by atoms with van der Waals surface area (Å²) in [6, 6.07) is 6.14. The van der Waals surface area contributed by atoms with Crippen molar-refractivity contribution in [3.05, 3.63) is 36.8 Å². The molecule has 0 spiro atoms. The lowest BCUT2D eigenvalue weighted by Gasteiger charge is -2.30. The number of anilines is 1. The number of hydrogen-bond donors (Lipinski definition) is 2. The fraction of sp³-hybridized carbons (Fsp3) is 0.300. The van der Waals surface area contributed by atoms with Crippen LogP contribution in [0.15, 0.2) is 36.8 Å². The van der Waals surface area contributed by atoms with Crippen LogP contribution in [-0.4, -0.2) is 62.1 Å². The molecule has 9 heteroatoms. The van der Waals surface area contributed by atoms with Crippen molar-refractivity contribution in [2.75, 3.05) is 26.0 Å². The monoisotopic (exact) mass is 391 g/mol. The summed E-state index contributed by atoms with van der Waals surface area (Å²) in [4.78, 5) is 25.9. The molecule has 1 saturated heterocycles. The number of carbonyl (C=O) groups excluding carboxylic acids is 1. The quantitative estimate of drug-likeness (QED) is 0.554. The number of amides is 1. The van der Waals surface area contributed by atoms with Crippen LogP contribution < -0.4 is 10.1 Å². The third-order valence-electron chi connectivity index (χ3n) is 5.36. The van der Waals surface area contributed by atoms with Crippen LogP contribution >= 0.6 is 0 Å². The second-order valence-corrected chi connectivity index (χ2v) is 7.25. The zero-order valence-electron chi connectivity index (χ0n) is 16.2. The van der Waals surface area contributed by atoms with Gasteiger partial charge in [0.15, 0.2) is 0 Å². The third-order valence-corrected chi connectivity index (χ3v) is 5.36. The molecule has 1 amide bonds. The van der Waals surface area contributed by atoms with Crippen LogP contribution in [0.3, 0.4) is 0 Å². The van der Waals surface area contributed by atoms with Crippen molar-refractivity contribution in [1.29, 1.82) is 0 Å². The standard InChI is InChI=1S/C20H21N7O2/c1-26-11-13(3-4-16(26)28)23-20-24-18-17(19(25-20)29-2)15(10-21-18)12-6-8-27-14(9-12)5-7-22-27/h5-10,13H,3-4,11H2,1-2H3,(H2,21,23,24,25). The van der Waals surface area contributed by atoms with Gasteiger partial charge >= 0.3 is 0 Å². The molecular formula is C20H21N7O2. The lowest BCUT2D eigenvalue weighted by molar-refractivity contribution is -0.132. The van der Waals surface area contributed by atoms with Gasteiger partial charge in [-0.3, -0.25) is 4.79 Å². The van der Waals surface area contributed by atoms with E-state index in [2.05, 4.69) is 31.4 Å². The predicted octanol–water partition coefficient (Wildman–Crippen LogP) is 2.31. The minimum absolute atomic E-state index is 0.110. The number of piperidine rings is 1. The number of pyridine rings is 1. The van der Waals surface area contributed by atoms with Gasteiger partial charge in [-0.25, -0.2) is 4.52 Å². The predicted molar refractivity (Wildman–Crippen MR) is 109 cm³/mol. The molecule has 1 unspecified atom stereocenters. The Hall–Kier alpha value is -3.62. The molecule has 9 nitrogen and oxygen atoms in total. The SMILES string of the molecule is COc1nc(NC2CCC(=O)N(C)C2)nc2[nH]cc(-c3ccn4nccc4c3)c12. The van der Waals surface area contributed by atoms with Gasteiger partial charge in [0.1, 0.15) is 5.65 Å². The van der Waals surface area contributed by atoms with Gasteiger partial charge in [-0.1, -0.05) is 0 Å². The second kappa shape index (κ2) is 6.77. The highest BCUT2D eigenvalue weighted by molar-refractivity contribution is 5.98. The molecule has 29 heavy (non-hydrogen) atoms. The maximum atomic E-state index is 11.7. The summed E-state index contributed by atoms with van der Waals surface area (Å²) < 4.78 is 7.41. The number of nitrogens with one attached hydrogen (secondary N) is 2. The normalized spacial score (nSPS) is 17.2. The average Bonchev–Trinajstić information content (AvgIpc) is 3.36. The van der Waals surface area contributed by atoms with Gasteiger partial charge in [0.25, 0.3) is 0 Å².